The Kier molecular flexibility index (Phi) is 3.03. The van der Waals surface area contributed by atoms with E-state index in [-0.39, 0.29) is 5.69 Å². The van der Waals surface area contributed by atoms with Crippen molar-refractivity contribution in [2.75, 3.05) is 11.4 Å². The number of hydrogen-bond donors (Lipinski definition) is 1. The van der Waals surface area contributed by atoms with Gasteiger partial charge in [-0.1, -0.05) is 0 Å². The maximum atomic E-state index is 10.8. The highest BCUT2D eigenvalue weighted by Crippen LogP contribution is 2.21. The fraction of sp³-hybridized carbons (Fsp3) is 0.545. The highest BCUT2D eigenvalue weighted by Gasteiger charge is 2.21. The third-order valence-electron chi connectivity index (χ3n) is 2.92. The van der Waals surface area contributed by atoms with Crippen LogP contribution in [0.25, 0.3) is 0 Å². The lowest BCUT2D eigenvalue weighted by Gasteiger charge is -2.33. The van der Waals surface area contributed by atoms with Crippen LogP contribution in [0.15, 0.2) is 12.3 Å². The van der Waals surface area contributed by atoms with Gasteiger partial charge >= 0.3 is 5.97 Å². The van der Waals surface area contributed by atoms with Crippen molar-refractivity contribution in [2.24, 2.45) is 0 Å². The van der Waals surface area contributed by atoms with E-state index in [1.165, 1.54) is 18.7 Å². The minimum absolute atomic E-state index is 0.0581. The normalized spacial score (nSPS) is 20.8. The van der Waals surface area contributed by atoms with E-state index in [0.717, 1.165) is 19.4 Å². The Morgan fingerprint density at radius 3 is 3.06 bits per heavy atom. The molecule has 1 unspecified atom stereocenters. The summed E-state index contributed by atoms with van der Waals surface area (Å²) in [6.07, 6.45) is 4.95. The van der Waals surface area contributed by atoms with Crippen molar-refractivity contribution in [3.63, 3.8) is 0 Å². The number of carbonyl (C=O) groups is 1. The zero-order valence-electron chi connectivity index (χ0n) is 9.26. The molecule has 0 saturated carbocycles. The summed E-state index contributed by atoms with van der Waals surface area (Å²) in [6, 6.07) is 1.80. The number of carboxylic acid groups (broad SMARTS) is 1. The number of aromatic carboxylic acids is 1. The fourth-order valence-corrected chi connectivity index (χ4v) is 2.00. The summed E-state index contributed by atoms with van der Waals surface area (Å²) >= 11 is 0. The minimum Gasteiger partial charge on any atom is -0.477 e. The van der Waals surface area contributed by atoms with E-state index < -0.39 is 5.97 Å². The molecule has 0 aromatic carbocycles. The molecular weight excluding hydrogens is 206 g/mol. The van der Waals surface area contributed by atoms with E-state index in [1.54, 1.807) is 0 Å². The zero-order chi connectivity index (χ0) is 11.5. The summed E-state index contributed by atoms with van der Waals surface area (Å²) in [6.45, 7) is 3.03. The van der Waals surface area contributed by atoms with Gasteiger partial charge in [0, 0.05) is 18.8 Å². The molecule has 1 N–H and O–H groups in total. The second kappa shape index (κ2) is 4.47. The van der Waals surface area contributed by atoms with Gasteiger partial charge in [-0.3, -0.25) is 0 Å². The zero-order valence-corrected chi connectivity index (χ0v) is 9.26. The van der Waals surface area contributed by atoms with Gasteiger partial charge in [0.25, 0.3) is 0 Å². The number of rotatable bonds is 2. The molecule has 16 heavy (non-hydrogen) atoms. The molecular formula is C11H15N3O2. The number of anilines is 1. The molecule has 0 radical (unpaired) electrons. The summed E-state index contributed by atoms with van der Waals surface area (Å²) in [5, 5.41) is 8.86. The molecule has 1 aliphatic heterocycles. The molecule has 2 heterocycles. The van der Waals surface area contributed by atoms with Crippen molar-refractivity contribution < 1.29 is 9.90 Å². The van der Waals surface area contributed by atoms with Crippen molar-refractivity contribution in [3.8, 4) is 0 Å². The van der Waals surface area contributed by atoms with Crippen LogP contribution in [-0.2, 0) is 0 Å². The van der Waals surface area contributed by atoms with Crippen LogP contribution < -0.4 is 4.90 Å². The molecule has 1 aliphatic rings. The van der Waals surface area contributed by atoms with Gasteiger partial charge in [-0.25, -0.2) is 14.8 Å². The summed E-state index contributed by atoms with van der Waals surface area (Å²) in [5.41, 5.74) is 0.0581. The van der Waals surface area contributed by atoms with Crippen LogP contribution in [0.4, 0.5) is 5.95 Å². The summed E-state index contributed by atoms with van der Waals surface area (Å²) in [7, 11) is 0. The first kappa shape index (κ1) is 10.9. The predicted octanol–water partition coefficient (Wildman–Crippen LogP) is 1.55. The lowest BCUT2D eigenvalue weighted by Crippen LogP contribution is -2.38. The molecule has 0 spiro atoms. The number of aromatic nitrogens is 2. The van der Waals surface area contributed by atoms with Crippen LogP contribution in [0.1, 0.15) is 36.7 Å². The summed E-state index contributed by atoms with van der Waals surface area (Å²) < 4.78 is 0. The lowest BCUT2D eigenvalue weighted by molar-refractivity contribution is 0.0690. The van der Waals surface area contributed by atoms with Gasteiger partial charge in [-0.05, 0) is 32.3 Å². The van der Waals surface area contributed by atoms with Crippen molar-refractivity contribution in [2.45, 2.75) is 32.2 Å². The highest BCUT2D eigenvalue weighted by atomic mass is 16.4. The van der Waals surface area contributed by atoms with Crippen molar-refractivity contribution >= 4 is 11.9 Å². The number of piperidine rings is 1. The monoisotopic (exact) mass is 221 g/mol. The van der Waals surface area contributed by atoms with Gasteiger partial charge in [0.15, 0.2) is 5.69 Å². The number of hydrogen-bond acceptors (Lipinski definition) is 4. The maximum Gasteiger partial charge on any atom is 0.354 e. The van der Waals surface area contributed by atoms with Crippen LogP contribution in [-0.4, -0.2) is 33.6 Å². The predicted molar refractivity (Wildman–Crippen MR) is 59.7 cm³/mol. The molecule has 0 amide bonds. The van der Waals surface area contributed by atoms with Crippen LogP contribution in [0.2, 0.25) is 0 Å². The van der Waals surface area contributed by atoms with Crippen LogP contribution in [0, 0.1) is 0 Å². The molecule has 1 fully saturated rings. The van der Waals surface area contributed by atoms with Crippen LogP contribution in [0.3, 0.4) is 0 Å². The molecule has 1 aromatic rings. The van der Waals surface area contributed by atoms with Gasteiger partial charge in [-0.15, -0.1) is 0 Å². The summed E-state index contributed by atoms with van der Waals surface area (Å²) in [4.78, 5) is 21.1. The van der Waals surface area contributed by atoms with Gasteiger partial charge in [0.1, 0.15) is 0 Å². The molecule has 2 rings (SSSR count). The Balaban J connectivity index is 2.25. The molecule has 5 heteroatoms. The van der Waals surface area contributed by atoms with Crippen molar-refractivity contribution in [1.29, 1.82) is 0 Å². The van der Waals surface area contributed by atoms with Crippen molar-refractivity contribution in [3.05, 3.63) is 18.0 Å². The fourth-order valence-electron chi connectivity index (χ4n) is 2.00. The van der Waals surface area contributed by atoms with E-state index in [4.69, 9.17) is 5.11 Å². The first-order valence-corrected chi connectivity index (χ1v) is 5.51. The van der Waals surface area contributed by atoms with E-state index in [9.17, 15) is 4.79 Å². The van der Waals surface area contributed by atoms with E-state index in [2.05, 4.69) is 21.8 Å². The molecule has 1 atom stereocenters. The molecule has 86 valence electrons. The van der Waals surface area contributed by atoms with E-state index >= 15 is 0 Å². The number of nitrogens with zero attached hydrogens (tertiary/aromatic N) is 3. The molecule has 0 aliphatic carbocycles. The largest absolute Gasteiger partial charge is 0.477 e. The minimum atomic E-state index is -1.01. The Labute approximate surface area is 94.1 Å². The standard InChI is InChI=1S/C11H15N3O2/c1-8-4-2-3-7-14(8)11-12-6-5-9(13-11)10(15)16/h5-6,8H,2-4,7H2,1H3,(H,15,16). The first-order chi connectivity index (χ1) is 7.68. The van der Waals surface area contributed by atoms with Crippen molar-refractivity contribution in [1.82, 2.24) is 9.97 Å². The Hall–Kier alpha value is -1.65. The molecule has 5 nitrogen and oxygen atoms in total. The number of carboxylic acids is 1. The van der Waals surface area contributed by atoms with Gasteiger partial charge in [-0.2, -0.15) is 0 Å². The van der Waals surface area contributed by atoms with E-state index in [1.807, 2.05) is 0 Å². The third kappa shape index (κ3) is 2.13. The Morgan fingerprint density at radius 2 is 2.38 bits per heavy atom. The quantitative estimate of drug-likeness (QED) is 0.820. The van der Waals surface area contributed by atoms with Gasteiger partial charge in [0.05, 0.1) is 0 Å². The topological polar surface area (TPSA) is 66.3 Å². The third-order valence-corrected chi connectivity index (χ3v) is 2.92. The highest BCUT2D eigenvalue weighted by molar-refractivity contribution is 5.85. The Bertz CT molecular complexity index is 395. The molecule has 1 aromatic heterocycles. The smallest absolute Gasteiger partial charge is 0.354 e. The molecule has 1 saturated heterocycles. The second-order valence-corrected chi connectivity index (χ2v) is 4.09. The van der Waals surface area contributed by atoms with Crippen LogP contribution >= 0.6 is 0 Å². The SMILES string of the molecule is CC1CCCCN1c1nccc(C(=O)O)n1. The first-order valence-electron chi connectivity index (χ1n) is 5.51. The lowest BCUT2D eigenvalue weighted by atomic mass is 10.0. The van der Waals surface area contributed by atoms with Gasteiger partial charge in [0.2, 0.25) is 5.95 Å². The Morgan fingerprint density at radius 1 is 1.56 bits per heavy atom. The van der Waals surface area contributed by atoms with Gasteiger partial charge < -0.3 is 10.0 Å². The van der Waals surface area contributed by atoms with E-state index in [0.29, 0.717) is 12.0 Å². The van der Waals surface area contributed by atoms with Crippen LogP contribution in [0.5, 0.6) is 0 Å². The summed E-state index contributed by atoms with van der Waals surface area (Å²) in [5.74, 6) is -0.472. The average molecular weight is 221 g/mol. The maximum absolute atomic E-state index is 10.8. The average Bonchev–Trinajstić information content (AvgIpc) is 2.30. The molecule has 0 bridgehead atoms. The second-order valence-electron chi connectivity index (χ2n) is 4.09.